The standard InChI is InChI=1S/C17H21ClFNO3/c1-23-17(22)16-7-10-5-6-11(21)8-15(10)20(16)9-12-13(18)3-2-4-14(12)19/h2-4,10-11,15-16,21H,5-9H2,1H3/t10-,11+,15-,16+/m0/s1. The molecule has 1 aromatic carbocycles. The monoisotopic (exact) mass is 341 g/mol. The zero-order valence-electron chi connectivity index (χ0n) is 13.0. The van der Waals surface area contributed by atoms with E-state index in [2.05, 4.69) is 0 Å². The number of esters is 1. The Morgan fingerprint density at radius 3 is 2.91 bits per heavy atom. The summed E-state index contributed by atoms with van der Waals surface area (Å²) in [5.74, 6) is -0.352. The summed E-state index contributed by atoms with van der Waals surface area (Å²) in [6.45, 7) is 0.249. The average molecular weight is 342 g/mol. The topological polar surface area (TPSA) is 49.8 Å². The normalized spacial score (nSPS) is 31.0. The first kappa shape index (κ1) is 16.7. The summed E-state index contributed by atoms with van der Waals surface area (Å²) >= 11 is 6.14. The molecule has 0 radical (unpaired) electrons. The minimum Gasteiger partial charge on any atom is -0.468 e. The molecule has 2 fully saturated rings. The summed E-state index contributed by atoms with van der Waals surface area (Å²) in [6.07, 6.45) is 2.55. The zero-order valence-corrected chi connectivity index (χ0v) is 13.8. The highest BCUT2D eigenvalue weighted by Crippen LogP contribution is 2.41. The molecule has 1 saturated carbocycles. The maximum Gasteiger partial charge on any atom is 0.323 e. The fourth-order valence-electron chi connectivity index (χ4n) is 3.98. The van der Waals surface area contributed by atoms with Crippen molar-refractivity contribution in [2.45, 2.75) is 50.4 Å². The minimum atomic E-state index is -0.407. The molecule has 0 amide bonds. The van der Waals surface area contributed by atoms with E-state index in [4.69, 9.17) is 16.3 Å². The smallest absolute Gasteiger partial charge is 0.323 e. The van der Waals surface area contributed by atoms with Crippen LogP contribution < -0.4 is 0 Å². The lowest BCUT2D eigenvalue weighted by Gasteiger charge is -2.35. The number of ether oxygens (including phenoxy) is 1. The second-order valence-electron chi connectivity index (χ2n) is 6.44. The van der Waals surface area contributed by atoms with Crippen molar-refractivity contribution < 1.29 is 19.0 Å². The van der Waals surface area contributed by atoms with Crippen LogP contribution in [-0.4, -0.2) is 41.3 Å². The number of benzene rings is 1. The van der Waals surface area contributed by atoms with Crippen LogP contribution in [0.5, 0.6) is 0 Å². The molecule has 23 heavy (non-hydrogen) atoms. The Kier molecular flexibility index (Phi) is 4.90. The molecular formula is C17H21ClFNO3. The van der Waals surface area contributed by atoms with Gasteiger partial charge in [-0.1, -0.05) is 17.7 Å². The number of carbonyl (C=O) groups excluding carboxylic acids is 1. The van der Waals surface area contributed by atoms with Crippen LogP contribution in [0.1, 0.15) is 31.2 Å². The van der Waals surface area contributed by atoms with Crippen molar-refractivity contribution in [3.05, 3.63) is 34.6 Å². The van der Waals surface area contributed by atoms with E-state index >= 15 is 0 Å². The summed E-state index contributed by atoms with van der Waals surface area (Å²) in [7, 11) is 1.37. The summed E-state index contributed by atoms with van der Waals surface area (Å²) in [4.78, 5) is 14.1. The number of carbonyl (C=O) groups is 1. The van der Waals surface area contributed by atoms with Gasteiger partial charge in [-0.3, -0.25) is 9.69 Å². The fourth-order valence-corrected chi connectivity index (χ4v) is 4.21. The van der Waals surface area contributed by atoms with Gasteiger partial charge in [-0.15, -0.1) is 0 Å². The molecule has 1 aromatic rings. The predicted molar refractivity (Wildman–Crippen MR) is 84.5 cm³/mol. The van der Waals surface area contributed by atoms with Gasteiger partial charge in [0.2, 0.25) is 0 Å². The van der Waals surface area contributed by atoms with Gasteiger partial charge in [-0.2, -0.15) is 0 Å². The SMILES string of the molecule is COC(=O)[C@H]1C[C@@H]2CC[C@@H](O)C[C@@H]2N1Cc1c(F)cccc1Cl. The molecule has 126 valence electrons. The lowest BCUT2D eigenvalue weighted by atomic mass is 9.83. The molecule has 1 aliphatic heterocycles. The summed E-state index contributed by atoms with van der Waals surface area (Å²) in [5, 5.41) is 10.3. The maximum atomic E-state index is 14.1. The molecule has 2 aliphatic rings. The zero-order chi connectivity index (χ0) is 16.6. The van der Waals surface area contributed by atoms with Gasteiger partial charge in [-0.25, -0.2) is 4.39 Å². The van der Waals surface area contributed by atoms with Crippen molar-refractivity contribution in [3.8, 4) is 0 Å². The number of nitrogens with zero attached hydrogens (tertiary/aromatic N) is 1. The Balaban J connectivity index is 1.90. The third-order valence-electron chi connectivity index (χ3n) is 5.16. The quantitative estimate of drug-likeness (QED) is 0.859. The molecule has 4 nitrogen and oxygen atoms in total. The first-order valence-corrected chi connectivity index (χ1v) is 8.33. The van der Waals surface area contributed by atoms with Gasteiger partial charge >= 0.3 is 5.97 Å². The number of likely N-dealkylation sites (tertiary alicyclic amines) is 1. The van der Waals surface area contributed by atoms with Crippen LogP contribution in [0, 0.1) is 11.7 Å². The Labute approximate surface area is 140 Å². The first-order chi connectivity index (χ1) is 11.0. The van der Waals surface area contributed by atoms with Crippen LogP contribution in [0.15, 0.2) is 18.2 Å². The predicted octanol–water partition coefficient (Wildman–Crippen LogP) is 2.76. The molecule has 1 N–H and O–H groups in total. The molecule has 0 spiro atoms. The van der Waals surface area contributed by atoms with Crippen LogP contribution in [0.25, 0.3) is 0 Å². The second-order valence-corrected chi connectivity index (χ2v) is 6.85. The van der Waals surface area contributed by atoms with Crippen molar-refractivity contribution in [2.75, 3.05) is 7.11 Å². The van der Waals surface area contributed by atoms with E-state index < -0.39 is 6.04 Å². The number of fused-ring (bicyclic) bond motifs is 1. The van der Waals surface area contributed by atoms with Crippen molar-refractivity contribution in [3.63, 3.8) is 0 Å². The number of aliphatic hydroxyl groups is 1. The highest BCUT2D eigenvalue weighted by atomic mass is 35.5. The molecule has 4 atom stereocenters. The largest absolute Gasteiger partial charge is 0.468 e. The van der Waals surface area contributed by atoms with Crippen molar-refractivity contribution in [1.82, 2.24) is 4.90 Å². The molecule has 1 saturated heterocycles. The van der Waals surface area contributed by atoms with Crippen LogP contribution in [0.2, 0.25) is 5.02 Å². The second kappa shape index (κ2) is 6.75. The van der Waals surface area contributed by atoms with E-state index in [0.29, 0.717) is 29.3 Å². The number of methoxy groups -OCH3 is 1. The summed E-state index contributed by atoms with van der Waals surface area (Å²) in [5.41, 5.74) is 0.392. The van der Waals surface area contributed by atoms with Crippen LogP contribution in [-0.2, 0) is 16.1 Å². The Morgan fingerprint density at radius 2 is 2.22 bits per heavy atom. The van der Waals surface area contributed by atoms with Gasteiger partial charge in [0, 0.05) is 23.2 Å². The molecule has 0 bridgehead atoms. The van der Waals surface area contributed by atoms with Crippen LogP contribution in [0.3, 0.4) is 0 Å². The molecule has 0 unspecified atom stereocenters. The van der Waals surface area contributed by atoms with Crippen LogP contribution >= 0.6 is 11.6 Å². The lowest BCUT2D eigenvalue weighted by molar-refractivity contribution is -0.146. The van der Waals surface area contributed by atoms with E-state index in [1.54, 1.807) is 12.1 Å². The van der Waals surface area contributed by atoms with E-state index in [1.165, 1.54) is 13.2 Å². The van der Waals surface area contributed by atoms with Gasteiger partial charge in [0.25, 0.3) is 0 Å². The molecule has 0 aromatic heterocycles. The third-order valence-corrected chi connectivity index (χ3v) is 5.51. The van der Waals surface area contributed by atoms with Gasteiger partial charge in [0.05, 0.1) is 13.2 Å². The van der Waals surface area contributed by atoms with Gasteiger partial charge in [-0.05, 0) is 43.7 Å². The van der Waals surface area contributed by atoms with E-state index in [-0.39, 0.29) is 30.5 Å². The minimum absolute atomic E-state index is 0.0542. The number of rotatable bonds is 3. The van der Waals surface area contributed by atoms with E-state index in [9.17, 15) is 14.3 Å². The van der Waals surface area contributed by atoms with Gasteiger partial charge in [0.15, 0.2) is 0 Å². The van der Waals surface area contributed by atoms with Crippen molar-refractivity contribution >= 4 is 17.6 Å². The lowest BCUT2D eigenvalue weighted by Crippen LogP contribution is -2.44. The summed E-state index contributed by atoms with van der Waals surface area (Å²) < 4.78 is 19.1. The Hall–Kier alpha value is -1.17. The highest BCUT2D eigenvalue weighted by Gasteiger charge is 2.47. The number of halogens is 2. The van der Waals surface area contributed by atoms with Gasteiger partial charge in [0.1, 0.15) is 11.9 Å². The molecule has 3 rings (SSSR count). The van der Waals surface area contributed by atoms with Gasteiger partial charge < -0.3 is 9.84 Å². The number of hydrogen-bond acceptors (Lipinski definition) is 4. The Bertz CT molecular complexity index is 577. The van der Waals surface area contributed by atoms with Crippen molar-refractivity contribution in [2.24, 2.45) is 5.92 Å². The average Bonchev–Trinajstić information content (AvgIpc) is 2.88. The molecule has 6 heteroatoms. The first-order valence-electron chi connectivity index (χ1n) is 7.95. The molecule has 1 aliphatic carbocycles. The fraction of sp³-hybridized carbons (Fsp3) is 0.588. The number of hydrogen-bond donors (Lipinski definition) is 1. The third kappa shape index (κ3) is 3.23. The number of aliphatic hydroxyl groups excluding tert-OH is 1. The highest BCUT2D eigenvalue weighted by molar-refractivity contribution is 6.31. The maximum absolute atomic E-state index is 14.1. The van der Waals surface area contributed by atoms with E-state index in [1.807, 2.05) is 4.90 Å². The van der Waals surface area contributed by atoms with E-state index in [0.717, 1.165) is 12.8 Å². The summed E-state index contributed by atoms with van der Waals surface area (Å²) in [6, 6.07) is 4.24. The molecular weight excluding hydrogens is 321 g/mol. The Morgan fingerprint density at radius 1 is 1.43 bits per heavy atom. The molecule has 1 heterocycles. The van der Waals surface area contributed by atoms with Crippen LogP contribution in [0.4, 0.5) is 4.39 Å². The van der Waals surface area contributed by atoms with Crippen molar-refractivity contribution in [1.29, 1.82) is 0 Å².